The summed E-state index contributed by atoms with van der Waals surface area (Å²) in [5.74, 6) is -0.0638. The molecule has 2 rings (SSSR count). The van der Waals surface area contributed by atoms with E-state index in [1.807, 2.05) is 49.0 Å². The number of aryl methyl sites for hydroxylation is 1. The number of aromatic nitrogens is 2. The number of carbonyl (C=O) groups excluding carboxylic acids is 1. The minimum atomic E-state index is -0.0661. The van der Waals surface area contributed by atoms with Crippen LogP contribution in [0.5, 0.6) is 0 Å². The molecule has 0 aliphatic heterocycles. The maximum atomic E-state index is 12.3. The Morgan fingerprint density at radius 3 is 2.52 bits per heavy atom. The smallest absolute Gasteiger partial charge is 0.253 e. The number of nitrogens with one attached hydrogen (secondary N) is 1. The molecule has 0 bridgehead atoms. The average molecular weight is 285 g/mol. The minimum Gasteiger partial charge on any atom is -0.348 e. The summed E-state index contributed by atoms with van der Waals surface area (Å²) in [5, 5.41) is 3.00. The Balaban J connectivity index is 2.07. The largest absolute Gasteiger partial charge is 0.348 e. The third-order valence-electron chi connectivity index (χ3n) is 3.51. The zero-order valence-electron chi connectivity index (χ0n) is 13.3. The van der Waals surface area contributed by atoms with Crippen LogP contribution in [0.4, 0.5) is 0 Å². The lowest BCUT2D eigenvalue weighted by Crippen LogP contribution is -2.26. The molecule has 0 unspecified atom stereocenters. The Bertz CT molecular complexity index is 620. The van der Waals surface area contributed by atoms with E-state index in [1.54, 1.807) is 6.20 Å². The first kappa shape index (κ1) is 15.3. The van der Waals surface area contributed by atoms with Gasteiger partial charge in [0.15, 0.2) is 0 Å². The molecular weight excluding hydrogens is 262 g/mol. The second kappa shape index (κ2) is 5.72. The van der Waals surface area contributed by atoms with Gasteiger partial charge < -0.3 is 9.88 Å². The number of nitrogens with zero attached hydrogens (tertiary/aromatic N) is 2. The minimum absolute atomic E-state index is 0.0228. The van der Waals surface area contributed by atoms with E-state index >= 15 is 0 Å². The van der Waals surface area contributed by atoms with Crippen LogP contribution in [0.25, 0.3) is 0 Å². The van der Waals surface area contributed by atoms with Gasteiger partial charge in [-0.15, -0.1) is 0 Å². The van der Waals surface area contributed by atoms with E-state index in [1.165, 1.54) is 0 Å². The first-order valence-electron chi connectivity index (χ1n) is 7.19. The molecule has 1 N–H and O–H groups in total. The van der Waals surface area contributed by atoms with Crippen LogP contribution in [0.2, 0.25) is 0 Å². The Kier molecular flexibility index (Phi) is 4.16. The van der Waals surface area contributed by atoms with Gasteiger partial charge in [0.05, 0.1) is 11.6 Å². The van der Waals surface area contributed by atoms with Crippen LogP contribution in [0.3, 0.4) is 0 Å². The number of carbonyl (C=O) groups is 1. The van der Waals surface area contributed by atoms with E-state index in [4.69, 9.17) is 0 Å². The molecule has 112 valence electrons. The van der Waals surface area contributed by atoms with Gasteiger partial charge in [0, 0.05) is 29.8 Å². The molecule has 21 heavy (non-hydrogen) atoms. The average Bonchev–Trinajstić information content (AvgIpc) is 2.88. The topological polar surface area (TPSA) is 46.9 Å². The summed E-state index contributed by atoms with van der Waals surface area (Å²) >= 11 is 0. The van der Waals surface area contributed by atoms with Gasteiger partial charge in [0.25, 0.3) is 5.91 Å². The maximum Gasteiger partial charge on any atom is 0.253 e. The van der Waals surface area contributed by atoms with Gasteiger partial charge >= 0.3 is 0 Å². The third kappa shape index (κ3) is 3.72. The lowest BCUT2D eigenvalue weighted by Gasteiger charge is -2.20. The van der Waals surface area contributed by atoms with Gasteiger partial charge in [-0.3, -0.25) is 9.78 Å². The molecule has 2 heterocycles. The second-order valence-electron chi connectivity index (χ2n) is 6.41. The van der Waals surface area contributed by atoms with E-state index < -0.39 is 0 Å². The van der Waals surface area contributed by atoms with E-state index in [-0.39, 0.29) is 17.5 Å². The van der Waals surface area contributed by atoms with Gasteiger partial charge in [-0.1, -0.05) is 6.07 Å². The Labute approximate surface area is 126 Å². The second-order valence-corrected chi connectivity index (χ2v) is 6.41. The van der Waals surface area contributed by atoms with Crippen LogP contribution < -0.4 is 5.32 Å². The number of amides is 1. The van der Waals surface area contributed by atoms with E-state index in [0.717, 1.165) is 11.3 Å². The van der Waals surface area contributed by atoms with E-state index in [0.29, 0.717) is 5.56 Å². The molecule has 0 spiro atoms. The summed E-state index contributed by atoms with van der Waals surface area (Å²) in [7, 11) is 0. The number of hydrogen-bond acceptors (Lipinski definition) is 2. The van der Waals surface area contributed by atoms with Gasteiger partial charge in [-0.2, -0.15) is 0 Å². The first-order valence-corrected chi connectivity index (χ1v) is 7.19. The summed E-state index contributed by atoms with van der Waals surface area (Å²) in [6.07, 6.45) is 5.63. The summed E-state index contributed by atoms with van der Waals surface area (Å²) in [6, 6.07) is 5.73. The Hall–Kier alpha value is -2.10. The fraction of sp³-hybridized carbons (Fsp3) is 0.412. The van der Waals surface area contributed by atoms with Crippen molar-refractivity contribution in [1.29, 1.82) is 0 Å². The van der Waals surface area contributed by atoms with Crippen molar-refractivity contribution in [2.24, 2.45) is 0 Å². The van der Waals surface area contributed by atoms with Crippen molar-refractivity contribution < 1.29 is 4.79 Å². The van der Waals surface area contributed by atoms with Crippen molar-refractivity contribution in [3.63, 3.8) is 0 Å². The molecule has 2 aromatic rings. The monoisotopic (exact) mass is 285 g/mol. The SMILES string of the molecule is Cc1ccc([C@@H](C)NC(=O)c2ccn(C(C)(C)C)c2)cn1. The van der Waals surface area contributed by atoms with Gasteiger partial charge in [-0.05, 0) is 52.3 Å². The molecule has 0 aromatic carbocycles. The van der Waals surface area contributed by atoms with E-state index in [9.17, 15) is 4.79 Å². The highest BCUT2D eigenvalue weighted by Gasteiger charge is 2.16. The summed E-state index contributed by atoms with van der Waals surface area (Å²) in [4.78, 5) is 16.6. The molecule has 0 fully saturated rings. The molecule has 1 amide bonds. The molecule has 0 radical (unpaired) electrons. The van der Waals surface area contributed by atoms with Crippen LogP contribution in [-0.2, 0) is 5.54 Å². The van der Waals surface area contributed by atoms with Gasteiger partial charge in [0.1, 0.15) is 0 Å². The fourth-order valence-electron chi connectivity index (χ4n) is 2.05. The molecule has 0 aliphatic rings. The fourth-order valence-corrected chi connectivity index (χ4v) is 2.05. The Morgan fingerprint density at radius 2 is 2.00 bits per heavy atom. The van der Waals surface area contributed by atoms with E-state index in [2.05, 4.69) is 31.1 Å². The normalized spacial score (nSPS) is 13.0. The van der Waals surface area contributed by atoms with Crippen molar-refractivity contribution >= 4 is 5.91 Å². The molecule has 0 aliphatic carbocycles. The Morgan fingerprint density at radius 1 is 1.29 bits per heavy atom. The third-order valence-corrected chi connectivity index (χ3v) is 3.51. The van der Waals surface area contributed by atoms with Gasteiger partial charge in [0.2, 0.25) is 0 Å². The molecule has 4 nitrogen and oxygen atoms in total. The number of hydrogen-bond donors (Lipinski definition) is 1. The van der Waals surface area contributed by atoms with Gasteiger partial charge in [-0.25, -0.2) is 0 Å². The van der Waals surface area contributed by atoms with Crippen molar-refractivity contribution in [3.8, 4) is 0 Å². The molecule has 4 heteroatoms. The molecule has 2 aromatic heterocycles. The van der Waals surface area contributed by atoms with Crippen molar-refractivity contribution in [2.45, 2.75) is 46.2 Å². The van der Waals surface area contributed by atoms with Crippen LogP contribution in [0.1, 0.15) is 55.4 Å². The van der Waals surface area contributed by atoms with Crippen molar-refractivity contribution in [3.05, 3.63) is 53.6 Å². The highest BCUT2D eigenvalue weighted by atomic mass is 16.1. The maximum absolute atomic E-state index is 12.3. The van der Waals surface area contributed by atoms with Crippen LogP contribution in [0.15, 0.2) is 36.8 Å². The summed E-state index contributed by atoms with van der Waals surface area (Å²) in [6.45, 7) is 10.2. The molecule has 1 atom stereocenters. The predicted octanol–water partition coefficient (Wildman–Crippen LogP) is 3.44. The van der Waals surface area contributed by atoms with Crippen LogP contribution >= 0.6 is 0 Å². The van der Waals surface area contributed by atoms with Crippen molar-refractivity contribution in [1.82, 2.24) is 14.9 Å². The van der Waals surface area contributed by atoms with Crippen molar-refractivity contribution in [2.75, 3.05) is 0 Å². The van der Waals surface area contributed by atoms with Crippen LogP contribution in [-0.4, -0.2) is 15.5 Å². The predicted molar refractivity (Wildman–Crippen MR) is 84.3 cm³/mol. The lowest BCUT2D eigenvalue weighted by molar-refractivity contribution is 0.0939. The highest BCUT2D eigenvalue weighted by Crippen LogP contribution is 2.17. The quantitative estimate of drug-likeness (QED) is 0.939. The zero-order valence-corrected chi connectivity index (χ0v) is 13.3. The zero-order chi connectivity index (χ0) is 15.6. The highest BCUT2D eigenvalue weighted by molar-refractivity contribution is 5.94. The number of pyridine rings is 1. The molecule has 0 saturated carbocycles. The number of rotatable bonds is 3. The first-order chi connectivity index (χ1) is 9.77. The standard InChI is InChI=1S/C17H23N3O/c1-12-6-7-14(10-18-12)13(2)19-16(21)15-8-9-20(11-15)17(3,4)5/h6-11,13H,1-5H3,(H,19,21)/t13-/m1/s1. The summed E-state index contributed by atoms with van der Waals surface area (Å²) in [5.41, 5.74) is 2.63. The van der Waals surface area contributed by atoms with Crippen LogP contribution in [0, 0.1) is 6.92 Å². The molecular formula is C17H23N3O. The molecule has 0 saturated heterocycles. The lowest BCUT2D eigenvalue weighted by atomic mass is 10.1. The summed E-state index contributed by atoms with van der Waals surface area (Å²) < 4.78 is 2.04.